The monoisotopic (exact) mass is 427 g/mol. The van der Waals surface area contributed by atoms with Gasteiger partial charge in [-0.3, -0.25) is 9.48 Å². The van der Waals surface area contributed by atoms with Crippen LogP contribution in [0.4, 0.5) is 5.69 Å². The molecule has 0 spiro atoms. The van der Waals surface area contributed by atoms with E-state index in [0.29, 0.717) is 18.8 Å². The predicted molar refractivity (Wildman–Crippen MR) is 99.9 cm³/mol. The first-order valence-electron chi connectivity index (χ1n) is 7.74. The van der Waals surface area contributed by atoms with Gasteiger partial charge in [-0.05, 0) is 61.9 Å². The molecule has 0 aliphatic rings. The van der Waals surface area contributed by atoms with Crippen molar-refractivity contribution < 1.29 is 9.53 Å². The number of hydrogen-bond donors (Lipinski definition) is 1. The van der Waals surface area contributed by atoms with Crippen LogP contribution in [-0.4, -0.2) is 22.3 Å². The molecule has 1 N–H and O–H groups in total. The minimum absolute atomic E-state index is 0.00613. The normalized spacial score (nSPS) is 10.6. The Bertz CT molecular complexity index is 682. The van der Waals surface area contributed by atoms with Gasteiger partial charge in [0.05, 0.1) is 21.6 Å². The number of para-hydroxylation sites is 2. The van der Waals surface area contributed by atoms with Crippen LogP contribution in [0.2, 0.25) is 0 Å². The number of amides is 1. The number of hydrogen-bond acceptors (Lipinski definition) is 3. The fourth-order valence-electron chi connectivity index (χ4n) is 2.35. The third-order valence-corrected chi connectivity index (χ3v) is 5.09. The fourth-order valence-corrected chi connectivity index (χ4v) is 2.73. The van der Waals surface area contributed by atoms with Gasteiger partial charge >= 0.3 is 0 Å². The van der Waals surface area contributed by atoms with E-state index in [4.69, 9.17) is 4.74 Å². The standard InChI is InChI=1S/C17H22IN3O2/c1-4-23-15-9-6-5-8-14(15)19-16(22)10-7-11-21-13(3)17(18)12(2)20-21/h5-6,8-9H,4,7,10-11H2,1-3H3,(H,19,22). The molecular formula is C17H22IN3O2. The van der Waals surface area contributed by atoms with Crippen molar-refractivity contribution in [2.45, 2.75) is 40.2 Å². The number of carbonyl (C=O) groups is 1. The largest absolute Gasteiger partial charge is 0.492 e. The second-order valence-electron chi connectivity index (χ2n) is 5.29. The number of aromatic nitrogens is 2. The highest BCUT2D eigenvalue weighted by Gasteiger charge is 2.10. The lowest BCUT2D eigenvalue weighted by Crippen LogP contribution is -2.14. The zero-order chi connectivity index (χ0) is 16.8. The van der Waals surface area contributed by atoms with Gasteiger partial charge in [-0.2, -0.15) is 5.10 Å². The smallest absolute Gasteiger partial charge is 0.224 e. The Balaban J connectivity index is 1.87. The van der Waals surface area contributed by atoms with Gasteiger partial charge in [0.2, 0.25) is 5.91 Å². The van der Waals surface area contributed by atoms with Crippen molar-refractivity contribution in [1.29, 1.82) is 0 Å². The highest BCUT2D eigenvalue weighted by atomic mass is 127. The van der Waals surface area contributed by atoms with Gasteiger partial charge in [0, 0.05) is 18.7 Å². The first kappa shape index (κ1) is 17.8. The molecule has 1 aromatic heterocycles. The summed E-state index contributed by atoms with van der Waals surface area (Å²) in [6.45, 7) is 7.30. The van der Waals surface area contributed by atoms with Crippen molar-refractivity contribution in [2.24, 2.45) is 0 Å². The summed E-state index contributed by atoms with van der Waals surface area (Å²) in [6, 6.07) is 7.49. The molecule has 0 unspecified atom stereocenters. The zero-order valence-electron chi connectivity index (χ0n) is 13.7. The molecule has 0 aliphatic heterocycles. The maximum absolute atomic E-state index is 12.1. The van der Waals surface area contributed by atoms with Crippen molar-refractivity contribution in [3.05, 3.63) is 39.2 Å². The van der Waals surface area contributed by atoms with Gasteiger partial charge < -0.3 is 10.1 Å². The van der Waals surface area contributed by atoms with Crippen molar-refractivity contribution in [3.63, 3.8) is 0 Å². The molecule has 5 nitrogen and oxygen atoms in total. The molecule has 1 amide bonds. The van der Waals surface area contributed by atoms with E-state index in [-0.39, 0.29) is 5.91 Å². The molecule has 2 aromatic rings. The molecule has 0 radical (unpaired) electrons. The van der Waals surface area contributed by atoms with Crippen molar-refractivity contribution in [2.75, 3.05) is 11.9 Å². The number of anilines is 1. The Kier molecular flexibility index (Phi) is 6.44. The molecule has 0 atom stereocenters. The predicted octanol–water partition coefficient (Wildman–Crippen LogP) is 3.92. The zero-order valence-corrected chi connectivity index (χ0v) is 15.9. The quantitative estimate of drug-likeness (QED) is 0.682. The van der Waals surface area contributed by atoms with Gasteiger partial charge in [-0.15, -0.1) is 0 Å². The van der Waals surface area contributed by atoms with Crippen molar-refractivity contribution >= 4 is 34.2 Å². The Hall–Kier alpha value is -1.57. The van der Waals surface area contributed by atoms with Crippen LogP contribution in [0.15, 0.2) is 24.3 Å². The summed E-state index contributed by atoms with van der Waals surface area (Å²) in [4.78, 5) is 12.1. The number of nitrogens with zero attached hydrogens (tertiary/aromatic N) is 2. The van der Waals surface area contributed by atoms with Crippen LogP contribution >= 0.6 is 22.6 Å². The Morgan fingerprint density at radius 3 is 2.74 bits per heavy atom. The highest BCUT2D eigenvalue weighted by Crippen LogP contribution is 2.24. The number of halogens is 1. The first-order chi connectivity index (χ1) is 11.0. The average molecular weight is 427 g/mol. The summed E-state index contributed by atoms with van der Waals surface area (Å²) in [5.74, 6) is 0.699. The van der Waals surface area contributed by atoms with E-state index < -0.39 is 0 Å². The first-order valence-corrected chi connectivity index (χ1v) is 8.82. The van der Waals surface area contributed by atoms with Gasteiger partial charge in [-0.25, -0.2) is 0 Å². The van der Waals surface area contributed by atoms with Crippen LogP contribution in [0, 0.1) is 17.4 Å². The maximum atomic E-state index is 12.1. The Morgan fingerprint density at radius 1 is 1.35 bits per heavy atom. The Labute approximate surface area is 150 Å². The topological polar surface area (TPSA) is 56.1 Å². The summed E-state index contributed by atoms with van der Waals surface area (Å²) in [7, 11) is 0. The van der Waals surface area contributed by atoms with Crippen LogP contribution < -0.4 is 10.1 Å². The molecule has 1 aromatic carbocycles. The number of benzene rings is 1. The molecule has 0 saturated carbocycles. The van der Waals surface area contributed by atoms with Gasteiger partial charge in [0.25, 0.3) is 0 Å². The lowest BCUT2D eigenvalue weighted by atomic mass is 10.2. The van der Waals surface area contributed by atoms with Crippen LogP contribution in [0.3, 0.4) is 0 Å². The molecule has 0 fully saturated rings. The summed E-state index contributed by atoms with van der Waals surface area (Å²) in [6.07, 6.45) is 1.20. The minimum Gasteiger partial charge on any atom is -0.492 e. The van der Waals surface area contributed by atoms with Gasteiger partial charge in [-0.1, -0.05) is 12.1 Å². The van der Waals surface area contributed by atoms with Crippen molar-refractivity contribution in [1.82, 2.24) is 9.78 Å². The van der Waals surface area contributed by atoms with E-state index in [2.05, 4.69) is 39.9 Å². The second kappa shape index (κ2) is 8.33. The fraction of sp³-hybridized carbons (Fsp3) is 0.412. The lowest BCUT2D eigenvalue weighted by Gasteiger charge is -2.11. The average Bonchev–Trinajstić information content (AvgIpc) is 2.77. The summed E-state index contributed by atoms with van der Waals surface area (Å²) in [5.41, 5.74) is 2.92. The molecule has 23 heavy (non-hydrogen) atoms. The summed E-state index contributed by atoms with van der Waals surface area (Å²) < 4.78 is 8.68. The molecule has 6 heteroatoms. The molecule has 0 bridgehead atoms. The SMILES string of the molecule is CCOc1ccccc1NC(=O)CCCn1nc(C)c(I)c1C. The second-order valence-corrected chi connectivity index (χ2v) is 6.37. The number of nitrogens with one attached hydrogen (secondary N) is 1. The van der Waals surface area contributed by atoms with E-state index in [0.717, 1.165) is 30.0 Å². The van der Waals surface area contributed by atoms with E-state index in [1.165, 1.54) is 3.57 Å². The molecule has 0 aliphatic carbocycles. The van der Waals surface area contributed by atoms with Crippen LogP contribution in [-0.2, 0) is 11.3 Å². The minimum atomic E-state index is -0.00613. The van der Waals surface area contributed by atoms with Crippen LogP contribution in [0.1, 0.15) is 31.2 Å². The molecule has 2 rings (SSSR count). The number of ether oxygens (including phenoxy) is 1. The highest BCUT2D eigenvalue weighted by molar-refractivity contribution is 14.1. The summed E-state index contributed by atoms with van der Waals surface area (Å²) in [5, 5.41) is 7.40. The third kappa shape index (κ3) is 4.70. The van der Waals surface area contributed by atoms with E-state index in [1.807, 2.05) is 42.8 Å². The molecule has 1 heterocycles. The van der Waals surface area contributed by atoms with Crippen LogP contribution in [0.25, 0.3) is 0 Å². The van der Waals surface area contributed by atoms with Gasteiger partial charge in [0.1, 0.15) is 5.75 Å². The van der Waals surface area contributed by atoms with E-state index in [1.54, 1.807) is 0 Å². The molecule has 124 valence electrons. The van der Waals surface area contributed by atoms with Gasteiger partial charge in [0.15, 0.2) is 0 Å². The maximum Gasteiger partial charge on any atom is 0.224 e. The van der Waals surface area contributed by atoms with Crippen molar-refractivity contribution in [3.8, 4) is 5.75 Å². The number of aryl methyl sites for hydroxylation is 2. The summed E-state index contributed by atoms with van der Waals surface area (Å²) >= 11 is 2.30. The third-order valence-electron chi connectivity index (χ3n) is 3.53. The molecular weight excluding hydrogens is 405 g/mol. The molecule has 0 saturated heterocycles. The number of rotatable bonds is 7. The van der Waals surface area contributed by atoms with E-state index in [9.17, 15) is 4.79 Å². The van der Waals surface area contributed by atoms with Crippen LogP contribution in [0.5, 0.6) is 5.75 Å². The lowest BCUT2D eigenvalue weighted by molar-refractivity contribution is -0.116. The Morgan fingerprint density at radius 2 is 2.09 bits per heavy atom. The van der Waals surface area contributed by atoms with E-state index >= 15 is 0 Å². The number of carbonyl (C=O) groups excluding carboxylic acids is 1.